The summed E-state index contributed by atoms with van der Waals surface area (Å²) in [6, 6.07) is 31.6. The lowest BCUT2D eigenvalue weighted by atomic mass is 9.91. The van der Waals surface area contributed by atoms with Crippen molar-refractivity contribution >= 4 is 40.6 Å². The molecule has 2 amide bonds. The summed E-state index contributed by atoms with van der Waals surface area (Å²) in [6.45, 7) is 0.436. The second kappa shape index (κ2) is 10.2. The van der Waals surface area contributed by atoms with Gasteiger partial charge in [0.1, 0.15) is 11.5 Å². The van der Waals surface area contributed by atoms with Crippen LogP contribution in [-0.2, 0) is 0 Å². The van der Waals surface area contributed by atoms with Gasteiger partial charge < -0.3 is 10.1 Å². The zero-order valence-corrected chi connectivity index (χ0v) is 20.1. The molecule has 4 aromatic rings. The summed E-state index contributed by atoms with van der Waals surface area (Å²) in [4.78, 5) is 13.1. The summed E-state index contributed by atoms with van der Waals surface area (Å²) in [5, 5.41) is 10.4. The molecule has 1 aliphatic rings. The highest BCUT2D eigenvalue weighted by Crippen LogP contribution is 2.30. The molecule has 0 bridgehead atoms. The Morgan fingerprint density at radius 1 is 0.800 bits per heavy atom. The van der Waals surface area contributed by atoms with Crippen LogP contribution in [0, 0.1) is 0 Å². The van der Waals surface area contributed by atoms with Gasteiger partial charge in [0.25, 0.3) is 0 Å². The number of hydrogen-bond acceptors (Lipinski definition) is 3. The van der Waals surface area contributed by atoms with E-state index < -0.39 is 0 Å². The smallest absolute Gasteiger partial charge is 0.342 e. The number of hydrazone groups is 1. The maximum Gasteiger partial charge on any atom is 0.342 e. The minimum atomic E-state index is -0.304. The van der Waals surface area contributed by atoms with Crippen LogP contribution < -0.4 is 10.1 Å². The van der Waals surface area contributed by atoms with Crippen LogP contribution in [0.3, 0.4) is 0 Å². The molecule has 0 fully saturated rings. The molecule has 0 spiro atoms. The third-order valence-corrected chi connectivity index (χ3v) is 6.15. The number of ether oxygens (including phenoxy) is 1. The van der Waals surface area contributed by atoms with Gasteiger partial charge in [0.2, 0.25) is 0 Å². The summed E-state index contributed by atoms with van der Waals surface area (Å²) in [5.41, 5.74) is 3.50. The minimum Gasteiger partial charge on any atom is -0.457 e. The lowest BCUT2D eigenvalue weighted by molar-refractivity contribution is 0.218. The van der Waals surface area contributed by atoms with Crippen molar-refractivity contribution in [2.75, 3.05) is 11.9 Å². The number of urea groups is 1. The molecular weight excluding hydrogens is 481 g/mol. The van der Waals surface area contributed by atoms with E-state index in [1.807, 2.05) is 42.5 Å². The van der Waals surface area contributed by atoms with Crippen molar-refractivity contribution in [3.63, 3.8) is 0 Å². The first-order valence-corrected chi connectivity index (χ1v) is 11.8. The highest BCUT2D eigenvalue weighted by atomic mass is 35.5. The topological polar surface area (TPSA) is 53.9 Å². The Kier molecular flexibility index (Phi) is 6.70. The van der Waals surface area contributed by atoms with Gasteiger partial charge in [-0.15, -0.1) is 0 Å². The van der Waals surface area contributed by atoms with Crippen LogP contribution in [0.2, 0.25) is 10.0 Å². The van der Waals surface area contributed by atoms with E-state index in [4.69, 9.17) is 27.9 Å². The van der Waals surface area contributed by atoms with E-state index in [0.717, 1.165) is 16.8 Å². The van der Waals surface area contributed by atoms with Gasteiger partial charge in [-0.25, -0.2) is 9.80 Å². The Labute approximate surface area is 213 Å². The first-order valence-electron chi connectivity index (χ1n) is 11.1. The second-order valence-corrected chi connectivity index (χ2v) is 8.92. The first-order chi connectivity index (χ1) is 17.0. The molecular formula is C28H21Cl2N3O2. The number of carbonyl (C=O) groups is 1. The third-order valence-electron chi connectivity index (χ3n) is 5.65. The van der Waals surface area contributed by atoms with Gasteiger partial charge in [0.15, 0.2) is 0 Å². The van der Waals surface area contributed by atoms with E-state index in [2.05, 4.69) is 22.6 Å². The quantitative estimate of drug-likeness (QED) is 0.303. The van der Waals surface area contributed by atoms with Crippen LogP contribution in [0.1, 0.15) is 17.0 Å². The van der Waals surface area contributed by atoms with Gasteiger partial charge in [-0.3, -0.25) is 0 Å². The standard InChI is InChI=1S/C28H21Cl2N3O2/c29-21-8-6-20(7-9-21)27-26(19-4-2-1-3-5-19)18-33(32-27)28(34)31-23-12-16-25(17-13-23)35-24-14-10-22(30)11-15-24/h1-17,26H,18H2,(H,31,34). The average molecular weight is 502 g/mol. The molecule has 35 heavy (non-hydrogen) atoms. The fraction of sp³-hybridized carbons (Fsp3) is 0.0714. The molecule has 5 rings (SSSR count). The van der Waals surface area contributed by atoms with Gasteiger partial charge >= 0.3 is 6.03 Å². The molecule has 0 saturated heterocycles. The van der Waals surface area contributed by atoms with E-state index in [1.165, 1.54) is 5.01 Å². The van der Waals surface area contributed by atoms with Crippen LogP contribution in [0.15, 0.2) is 108 Å². The molecule has 7 heteroatoms. The molecule has 1 heterocycles. The van der Waals surface area contributed by atoms with Gasteiger partial charge in [-0.2, -0.15) is 5.10 Å². The largest absolute Gasteiger partial charge is 0.457 e. The maximum atomic E-state index is 13.1. The zero-order chi connectivity index (χ0) is 24.2. The Bertz CT molecular complexity index is 1340. The van der Waals surface area contributed by atoms with Crippen LogP contribution in [0.5, 0.6) is 11.5 Å². The van der Waals surface area contributed by atoms with Gasteiger partial charge in [0, 0.05) is 21.7 Å². The van der Waals surface area contributed by atoms with Crippen LogP contribution >= 0.6 is 23.2 Å². The lowest BCUT2D eigenvalue weighted by Gasteiger charge is -2.16. The zero-order valence-electron chi connectivity index (χ0n) is 18.6. The Morgan fingerprint density at radius 2 is 1.37 bits per heavy atom. The number of halogens is 2. The number of rotatable bonds is 5. The number of carbonyl (C=O) groups excluding carboxylic acids is 1. The van der Waals surface area contributed by atoms with Gasteiger partial charge in [0.05, 0.1) is 12.3 Å². The molecule has 1 N–H and O–H groups in total. The molecule has 4 aromatic carbocycles. The normalized spacial score (nSPS) is 15.0. The molecule has 1 unspecified atom stereocenters. The number of nitrogens with zero attached hydrogens (tertiary/aromatic N) is 2. The summed E-state index contributed by atoms with van der Waals surface area (Å²) in [7, 11) is 0. The molecule has 5 nitrogen and oxygen atoms in total. The summed E-state index contributed by atoms with van der Waals surface area (Å²) in [6.07, 6.45) is 0. The lowest BCUT2D eigenvalue weighted by Crippen LogP contribution is -2.30. The summed E-state index contributed by atoms with van der Waals surface area (Å²) >= 11 is 12.0. The van der Waals surface area contributed by atoms with Crippen molar-refractivity contribution in [3.05, 3.63) is 124 Å². The van der Waals surface area contributed by atoms with Crippen LogP contribution in [0.4, 0.5) is 10.5 Å². The van der Waals surface area contributed by atoms with Crippen molar-refractivity contribution in [3.8, 4) is 11.5 Å². The third kappa shape index (κ3) is 5.48. The fourth-order valence-corrected chi connectivity index (χ4v) is 4.14. The monoisotopic (exact) mass is 501 g/mol. The summed E-state index contributed by atoms with van der Waals surface area (Å²) in [5.74, 6) is 1.29. The summed E-state index contributed by atoms with van der Waals surface area (Å²) < 4.78 is 5.81. The van der Waals surface area contributed by atoms with E-state index in [-0.39, 0.29) is 11.9 Å². The number of anilines is 1. The Hall–Kier alpha value is -3.80. The molecule has 0 saturated carbocycles. The highest BCUT2D eigenvalue weighted by molar-refractivity contribution is 6.31. The highest BCUT2D eigenvalue weighted by Gasteiger charge is 2.32. The number of hydrogen-bond donors (Lipinski definition) is 1. The van der Waals surface area contributed by atoms with Crippen molar-refractivity contribution in [2.45, 2.75) is 5.92 Å². The van der Waals surface area contributed by atoms with Crippen molar-refractivity contribution in [1.29, 1.82) is 0 Å². The van der Waals surface area contributed by atoms with Crippen molar-refractivity contribution in [1.82, 2.24) is 5.01 Å². The Balaban J connectivity index is 1.31. The average Bonchev–Trinajstić information content (AvgIpc) is 3.33. The SMILES string of the molecule is O=C(Nc1ccc(Oc2ccc(Cl)cc2)cc1)N1CC(c2ccccc2)C(c2ccc(Cl)cc2)=N1. The molecule has 0 radical (unpaired) electrons. The minimum absolute atomic E-state index is 0.0433. The van der Waals surface area contributed by atoms with Crippen molar-refractivity contribution in [2.24, 2.45) is 5.10 Å². The number of amides is 2. The molecule has 1 aliphatic heterocycles. The Morgan fingerprint density at radius 3 is 2.00 bits per heavy atom. The molecule has 174 valence electrons. The molecule has 1 atom stereocenters. The van der Waals surface area contributed by atoms with Crippen molar-refractivity contribution < 1.29 is 9.53 Å². The van der Waals surface area contributed by atoms with Gasteiger partial charge in [-0.1, -0.05) is 65.7 Å². The fourth-order valence-electron chi connectivity index (χ4n) is 3.89. The number of nitrogens with one attached hydrogen (secondary N) is 1. The number of benzene rings is 4. The second-order valence-electron chi connectivity index (χ2n) is 8.05. The van der Waals surface area contributed by atoms with E-state index >= 15 is 0 Å². The van der Waals surface area contributed by atoms with Crippen LogP contribution in [0.25, 0.3) is 0 Å². The first kappa shape index (κ1) is 23.0. The maximum absolute atomic E-state index is 13.1. The van der Waals surface area contributed by atoms with Crippen LogP contribution in [-0.4, -0.2) is 23.3 Å². The predicted molar refractivity (Wildman–Crippen MR) is 141 cm³/mol. The van der Waals surface area contributed by atoms with E-state index in [9.17, 15) is 4.79 Å². The predicted octanol–water partition coefficient (Wildman–Crippen LogP) is 7.82. The van der Waals surface area contributed by atoms with E-state index in [1.54, 1.807) is 48.5 Å². The molecule has 0 aromatic heterocycles. The molecule has 0 aliphatic carbocycles. The van der Waals surface area contributed by atoms with E-state index in [0.29, 0.717) is 33.8 Å². The van der Waals surface area contributed by atoms with Gasteiger partial charge in [-0.05, 0) is 71.8 Å².